The first kappa shape index (κ1) is 19.8. The fourth-order valence-electron chi connectivity index (χ4n) is 2.71. The van der Waals surface area contributed by atoms with Gasteiger partial charge in [-0.15, -0.1) is 0 Å². The minimum Gasteiger partial charge on any atom is -0.497 e. The zero-order chi connectivity index (χ0) is 18.9. The van der Waals surface area contributed by atoms with Crippen molar-refractivity contribution in [2.24, 2.45) is 5.92 Å². The van der Waals surface area contributed by atoms with Crippen molar-refractivity contribution < 1.29 is 24.4 Å². The van der Waals surface area contributed by atoms with E-state index < -0.39 is 6.10 Å². The smallest absolute Gasteiger partial charge is 0.161 e. The standard InChI is InChI=1S/C21H26O5/c1-24-18-10-7-15(8-11-18)5-4-6-17(14-22)21(23)16-9-12-19(25-2)20(13-16)26-3/h4-5,7-13,17,21-23H,6,14H2,1-3H3. The van der Waals surface area contributed by atoms with Crippen LogP contribution in [0.25, 0.3) is 6.08 Å². The van der Waals surface area contributed by atoms with Crippen molar-refractivity contribution in [3.63, 3.8) is 0 Å². The summed E-state index contributed by atoms with van der Waals surface area (Å²) in [5, 5.41) is 20.3. The van der Waals surface area contributed by atoms with Gasteiger partial charge in [-0.1, -0.05) is 30.4 Å². The Balaban J connectivity index is 2.05. The van der Waals surface area contributed by atoms with Gasteiger partial charge in [0.25, 0.3) is 0 Å². The number of aliphatic hydroxyl groups excluding tert-OH is 2. The van der Waals surface area contributed by atoms with Gasteiger partial charge in [0, 0.05) is 12.5 Å². The average Bonchev–Trinajstić information content (AvgIpc) is 2.70. The summed E-state index contributed by atoms with van der Waals surface area (Å²) in [4.78, 5) is 0. The zero-order valence-electron chi connectivity index (χ0n) is 15.4. The molecular formula is C21H26O5. The molecule has 2 aromatic carbocycles. The van der Waals surface area contributed by atoms with Gasteiger partial charge in [0.05, 0.1) is 27.4 Å². The van der Waals surface area contributed by atoms with Crippen LogP contribution in [0.2, 0.25) is 0 Å². The molecule has 0 spiro atoms. The molecule has 2 unspecified atom stereocenters. The molecular weight excluding hydrogens is 332 g/mol. The molecule has 0 aliphatic carbocycles. The quantitative estimate of drug-likeness (QED) is 0.718. The van der Waals surface area contributed by atoms with E-state index >= 15 is 0 Å². The fourth-order valence-corrected chi connectivity index (χ4v) is 2.71. The highest BCUT2D eigenvalue weighted by atomic mass is 16.5. The number of ether oxygens (including phenoxy) is 3. The van der Waals surface area contributed by atoms with Crippen LogP contribution in [0.5, 0.6) is 17.2 Å². The Morgan fingerprint density at radius 1 is 0.923 bits per heavy atom. The monoisotopic (exact) mass is 358 g/mol. The Morgan fingerprint density at radius 3 is 2.19 bits per heavy atom. The lowest BCUT2D eigenvalue weighted by Crippen LogP contribution is -2.16. The van der Waals surface area contributed by atoms with E-state index in [2.05, 4.69) is 0 Å². The highest BCUT2D eigenvalue weighted by molar-refractivity contribution is 5.50. The summed E-state index contributed by atoms with van der Waals surface area (Å²) >= 11 is 0. The van der Waals surface area contributed by atoms with Gasteiger partial charge >= 0.3 is 0 Å². The molecule has 0 heterocycles. The van der Waals surface area contributed by atoms with Gasteiger partial charge in [-0.3, -0.25) is 0 Å². The van der Waals surface area contributed by atoms with Crippen LogP contribution in [-0.4, -0.2) is 38.1 Å². The molecule has 0 fully saturated rings. The van der Waals surface area contributed by atoms with E-state index in [0.717, 1.165) is 11.3 Å². The number of rotatable bonds is 9. The van der Waals surface area contributed by atoms with Crippen LogP contribution >= 0.6 is 0 Å². The molecule has 0 aliphatic rings. The van der Waals surface area contributed by atoms with Crippen molar-refractivity contribution in [2.45, 2.75) is 12.5 Å². The van der Waals surface area contributed by atoms with E-state index in [4.69, 9.17) is 14.2 Å². The molecule has 0 saturated heterocycles. The third-order valence-corrected chi connectivity index (χ3v) is 4.30. The molecule has 2 rings (SSSR count). The van der Waals surface area contributed by atoms with Crippen LogP contribution in [0.3, 0.4) is 0 Å². The van der Waals surface area contributed by atoms with Crippen LogP contribution in [0.15, 0.2) is 48.5 Å². The molecule has 26 heavy (non-hydrogen) atoms. The predicted molar refractivity (Wildman–Crippen MR) is 102 cm³/mol. The van der Waals surface area contributed by atoms with Crippen LogP contribution in [0.4, 0.5) is 0 Å². The first-order chi connectivity index (χ1) is 12.6. The first-order valence-corrected chi connectivity index (χ1v) is 8.44. The van der Waals surface area contributed by atoms with E-state index in [0.29, 0.717) is 23.5 Å². The average molecular weight is 358 g/mol. The highest BCUT2D eigenvalue weighted by Gasteiger charge is 2.20. The molecule has 5 heteroatoms. The second-order valence-corrected chi connectivity index (χ2v) is 5.91. The number of hydrogen-bond donors (Lipinski definition) is 2. The van der Waals surface area contributed by atoms with E-state index in [1.54, 1.807) is 39.5 Å². The molecule has 0 bridgehead atoms. The van der Waals surface area contributed by atoms with Crippen molar-refractivity contribution in [3.8, 4) is 17.2 Å². The van der Waals surface area contributed by atoms with Gasteiger partial charge in [0.15, 0.2) is 11.5 Å². The number of allylic oxidation sites excluding steroid dienone is 1. The molecule has 2 aromatic rings. The Hall–Kier alpha value is -2.50. The van der Waals surface area contributed by atoms with Gasteiger partial charge in [-0.25, -0.2) is 0 Å². The van der Waals surface area contributed by atoms with Gasteiger partial charge in [0.1, 0.15) is 5.75 Å². The lowest BCUT2D eigenvalue weighted by atomic mass is 9.93. The highest BCUT2D eigenvalue weighted by Crippen LogP contribution is 2.33. The van der Waals surface area contributed by atoms with Gasteiger partial charge in [0.2, 0.25) is 0 Å². The fraction of sp³-hybridized carbons (Fsp3) is 0.333. The van der Waals surface area contributed by atoms with E-state index in [-0.39, 0.29) is 12.5 Å². The maximum atomic E-state index is 10.6. The Labute approximate surface area is 154 Å². The first-order valence-electron chi connectivity index (χ1n) is 8.44. The zero-order valence-corrected chi connectivity index (χ0v) is 15.4. The second-order valence-electron chi connectivity index (χ2n) is 5.91. The summed E-state index contributed by atoms with van der Waals surface area (Å²) in [6, 6.07) is 13.0. The minimum atomic E-state index is -0.805. The Bertz CT molecular complexity index is 709. The second kappa shape index (κ2) is 9.85. The number of benzene rings is 2. The molecule has 140 valence electrons. The maximum Gasteiger partial charge on any atom is 0.161 e. The van der Waals surface area contributed by atoms with Crippen LogP contribution in [0, 0.1) is 5.92 Å². The largest absolute Gasteiger partial charge is 0.497 e. The van der Waals surface area contributed by atoms with Crippen molar-refractivity contribution in [2.75, 3.05) is 27.9 Å². The SMILES string of the molecule is COc1ccc(C=CCC(CO)C(O)c2ccc(OC)c(OC)c2)cc1. The van der Waals surface area contributed by atoms with Crippen molar-refractivity contribution in [1.29, 1.82) is 0 Å². The third kappa shape index (κ3) is 5.00. The normalized spacial score (nSPS) is 13.4. The summed E-state index contributed by atoms with van der Waals surface area (Å²) in [7, 11) is 4.75. The molecule has 5 nitrogen and oxygen atoms in total. The summed E-state index contributed by atoms with van der Waals surface area (Å²) in [5.74, 6) is 1.64. The van der Waals surface area contributed by atoms with E-state index in [9.17, 15) is 10.2 Å². The Morgan fingerprint density at radius 2 is 1.62 bits per heavy atom. The molecule has 2 N–H and O–H groups in total. The van der Waals surface area contributed by atoms with Gasteiger partial charge in [-0.05, 0) is 41.8 Å². The topological polar surface area (TPSA) is 68.2 Å². The molecule has 0 aliphatic heterocycles. The maximum absolute atomic E-state index is 10.6. The van der Waals surface area contributed by atoms with Crippen molar-refractivity contribution >= 4 is 6.08 Å². The van der Waals surface area contributed by atoms with E-state index in [1.807, 2.05) is 36.4 Å². The van der Waals surface area contributed by atoms with E-state index in [1.165, 1.54) is 0 Å². The summed E-state index contributed by atoms with van der Waals surface area (Å²) in [5.41, 5.74) is 1.71. The Kier molecular flexibility index (Phi) is 7.51. The number of aliphatic hydroxyl groups is 2. The molecule has 0 saturated carbocycles. The molecule has 0 radical (unpaired) electrons. The predicted octanol–water partition coefficient (Wildman–Crippen LogP) is 3.46. The van der Waals surface area contributed by atoms with Gasteiger partial charge < -0.3 is 24.4 Å². The summed E-state index contributed by atoms with van der Waals surface area (Å²) < 4.78 is 15.6. The van der Waals surface area contributed by atoms with Crippen LogP contribution in [-0.2, 0) is 0 Å². The molecule has 0 amide bonds. The summed E-state index contributed by atoms with van der Waals surface area (Å²) in [6.45, 7) is -0.123. The lowest BCUT2D eigenvalue weighted by molar-refractivity contribution is 0.0682. The van der Waals surface area contributed by atoms with Crippen LogP contribution in [0.1, 0.15) is 23.7 Å². The molecule has 2 atom stereocenters. The van der Waals surface area contributed by atoms with Crippen LogP contribution < -0.4 is 14.2 Å². The lowest BCUT2D eigenvalue weighted by Gasteiger charge is -2.21. The summed E-state index contributed by atoms with van der Waals surface area (Å²) in [6.07, 6.45) is 3.65. The van der Waals surface area contributed by atoms with Crippen molar-refractivity contribution in [3.05, 3.63) is 59.7 Å². The minimum absolute atomic E-state index is 0.123. The molecule has 0 aromatic heterocycles. The number of hydrogen-bond acceptors (Lipinski definition) is 5. The third-order valence-electron chi connectivity index (χ3n) is 4.30. The van der Waals surface area contributed by atoms with Crippen molar-refractivity contribution in [1.82, 2.24) is 0 Å². The van der Waals surface area contributed by atoms with Gasteiger partial charge in [-0.2, -0.15) is 0 Å². The number of methoxy groups -OCH3 is 3.